The summed E-state index contributed by atoms with van der Waals surface area (Å²) in [5.74, 6) is 1.81. The van der Waals surface area contributed by atoms with E-state index in [-0.39, 0.29) is 21.7 Å². The van der Waals surface area contributed by atoms with Gasteiger partial charge in [0.25, 0.3) is 0 Å². The van der Waals surface area contributed by atoms with E-state index < -0.39 is 0 Å². The Balaban J connectivity index is 1.68. The molecule has 0 unspecified atom stereocenters. The van der Waals surface area contributed by atoms with Crippen molar-refractivity contribution in [2.24, 2.45) is 39.4 Å². The van der Waals surface area contributed by atoms with Gasteiger partial charge in [-0.1, -0.05) is 58.4 Å². The minimum absolute atomic E-state index is 0.115. The van der Waals surface area contributed by atoms with Crippen molar-refractivity contribution in [1.82, 2.24) is 0 Å². The average molecular weight is 439 g/mol. The molecule has 0 aromatic rings. The molecule has 4 aliphatic rings. The van der Waals surface area contributed by atoms with Crippen LogP contribution in [0.3, 0.4) is 0 Å². The van der Waals surface area contributed by atoms with Crippen LogP contribution in [0.25, 0.3) is 0 Å². The highest BCUT2D eigenvalue weighted by Gasteiger charge is 2.63. The van der Waals surface area contributed by atoms with Gasteiger partial charge in [-0.25, -0.2) is 0 Å². The first-order valence-corrected chi connectivity index (χ1v) is 13.1. The number of fused-ring (bicyclic) bond motifs is 5. The smallest absolute Gasteiger partial charge is 0.138 e. The molecule has 0 aliphatic heterocycles. The summed E-state index contributed by atoms with van der Waals surface area (Å²) < 4.78 is 0. The largest absolute Gasteiger partial charge is 0.396 e. The van der Waals surface area contributed by atoms with Crippen LogP contribution in [0.2, 0.25) is 0 Å². The molecule has 2 heteroatoms. The maximum Gasteiger partial charge on any atom is 0.138 e. The molecule has 4 rings (SSSR count). The van der Waals surface area contributed by atoms with Gasteiger partial charge in [0, 0.05) is 18.4 Å². The number of aliphatic hydroxyl groups excluding tert-OH is 1. The number of hydrogen-bond acceptors (Lipinski definition) is 2. The Kier molecular flexibility index (Phi) is 5.97. The van der Waals surface area contributed by atoms with Gasteiger partial charge < -0.3 is 5.11 Å². The van der Waals surface area contributed by atoms with Crippen LogP contribution in [0, 0.1) is 39.4 Å². The maximum atomic E-state index is 12.8. The Morgan fingerprint density at radius 2 is 1.84 bits per heavy atom. The number of ketones is 1. The number of allylic oxidation sites excluding steroid dienone is 6. The first kappa shape index (κ1) is 24.0. The number of carbonyl (C=O) groups excluding carboxylic acids is 1. The molecule has 32 heavy (non-hydrogen) atoms. The first-order valence-electron chi connectivity index (χ1n) is 13.1. The Bertz CT molecular complexity index is 869. The van der Waals surface area contributed by atoms with Crippen LogP contribution in [0.5, 0.6) is 0 Å². The molecule has 0 bridgehead atoms. The fraction of sp³-hybridized carbons (Fsp3) is 0.767. The van der Waals surface area contributed by atoms with Crippen molar-refractivity contribution in [2.75, 3.05) is 6.61 Å². The average Bonchev–Trinajstić information content (AvgIpc) is 3.00. The van der Waals surface area contributed by atoms with Crippen LogP contribution >= 0.6 is 0 Å². The number of carbonyl (C=O) groups is 1. The van der Waals surface area contributed by atoms with Crippen molar-refractivity contribution >= 4 is 5.78 Å². The van der Waals surface area contributed by atoms with E-state index in [1.54, 1.807) is 11.1 Å². The number of aliphatic hydroxyl groups is 1. The zero-order valence-corrected chi connectivity index (χ0v) is 21.7. The molecule has 6 atom stereocenters. The van der Waals surface area contributed by atoms with Gasteiger partial charge in [-0.3, -0.25) is 4.79 Å². The fourth-order valence-corrected chi connectivity index (χ4v) is 8.61. The van der Waals surface area contributed by atoms with E-state index >= 15 is 0 Å². The minimum Gasteiger partial charge on any atom is -0.396 e. The summed E-state index contributed by atoms with van der Waals surface area (Å²) in [7, 11) is 0. The van der Waals surface area contributed by atoms with Crippen molar-refractivity contribution in [3.05, 3.63) is 34.9 Å². The predicted molar refractivity (Wildman–Crippen MR) is 133 cm³/mol. The predicted octanol–water partition coefficient (Wildman–Crippen LogP) is 7.44. The molecule has 0 aromatic carbocycles. The van der Waals surface area contributed by atoms with Crippen molar-refractivity contribution in [3.8, 4) is 0 Å². The molecule has 2 nitrogen and oxygen atoms in total. The molecule has 0 heterocycles. The van der Waals surface area contributed by atoms with Crippen LogP contribution in [-0.4, -0.2) is 17.5 Å². The van der Waals surface area contributed by atoms with E-state index in [1.807, 2.05) is 0 Å². The minimum atomic E-state index is -0.233. The van der Waals surface area contributed by atoms with E-state index in [1.165, 1.54) is 18.4 Å². The van der Waals surface area contributed by atoms with Crippen molar-refractivity contribution in [1.29, 1.82) is 0 Å². The Morgan fingerprint density at radius 1 is 1.12 bits per heavy atom. The zero-order valence-electron chi connectivity index (χ0n) is 21.7. The Hall–Kier alpha value is -1.15. The molecule has 0 spiro atoms. The third-order valence-corrected chi connectivity index (χ3v) is 10.9. The molecule has 4 aliphatic carbocycles. The second kappa shape index (κ2) is 7.97. The van der Waals surface area contributed by atoms with Crippen LogP contribution in [-0.2, 0) is 4.79 Å². The van der Waals surface area contributed by atoms with Gasteiger partial charge >= 0.3 is 0 Å². The lowest BCUT2D eigenvalue weighted by Gasteiger charge is -2.59. The van der Waals surface area contributed by atoms with E-state index in [4.69, 9.17) is 0 Å². The number of rotatable bonds is 5. The van der Waals surface area contributed by atoms with Gasteiger partial charge in [0.15, 0.2) is 0 Å². The third kappa shape index (κ3) is 3.26. The standard InChI is InChI=1S/C30H46O2/c1-20(2)9-8-10-21(19-31)22-13-17-30(7)24-11-12-25-27(3,4)26(32)15-16-28(25,5)23(24)14-18-29(22,30)6/h9,11,14,21-22,25,31H,8,10,12-13,15-19H2,1-7H3/t21-,22+,25-,28+,29+,30-/m0/s1. The molecule has 0 saturated heterocycles. The van der Waals surface area contributed by atoms with E-state index in [2.05, 4.69) is 66.7 Å². The van der Waals surface area contributed by atoms with Gasteiger partial charge in [-0.15, -0.1) is 0 Å². The molecule has 178 valence electrons. The molecule has 0 amide bonds. The van der Waals surface area contributed by atoms with Gasteiger partial charge in [0.2, 0.25) is 0 Å². The Labute approximate surface area is 196 Å². The van der Waals surface area contributed by atoms with E-state index in [0.717, 1.165) is 38.5 Å². The van der Waals surface area contributed by atoms with Crippen LogP contribution < -0.4 is 0 Å². The van der Waals surface area contributed by atoms with Gasteiger partial charge in [-0.05, 0) is 104 Å². The summed E-state index contributed by atoms with van der Waals surface area (Å²) in [6, 6.07) is 0. The normalized spacial score (nSPS) is 41.1. The first-order chi connectivity index (χ1) is 14.9. The van der Waals surface area contributed by atoms with Crippen molar-refractivity contribution in [2.45, 2.75) is 99.8 Å². The van der Waals surface area contributed by atoms with Crippen molar-refractivity contribution < 1.29 is 9.90 Å². The monoisotopic (exact) mass is 438 g/mol. The fourth-order valence-electron chi connectivity index (χ4n) is 8.61. The molecule has 0 radical (unpaired) electrons. The summed E-state index contributed by atoms with van der Waals surface area (Å²) in [6.07, 6.45) is 15.9. The van der Waals surface area contributed by atoms with E-state index in [0.29, 0.717) is 30.1 Å². The topological polar surface area (TPSA) is 37.3 Å². The lowest BCUT2D eigenvalue weighted by Crippen LogP contribution is -2.53. The molecule has 0 aromatic heterocycles. The highest BCUT2D eigenvalue weighted by atomic mass is 16.3. The highest BCUT2D eigenvalue weighted by molar-refractivity contribution is 5.86. The molecule has 1 N–H and O–H groups in total. The highest BCUT2D eigenvalue weighted by Crippen LogP contribution is 2.71. The Morgan fingerprint density at radius 3 is 2.50 bits per heavy atom. The molecular weight excluding hydrogens is 392 g/mol. The van der Waals surface area contributed by atoms with Gasteiger partial charge in [-0.2, -0.15) is 0 Å². The van der Waals surface area contributed by atoms with Crippen LogP contribution in [0.15, 0.2) is 34.9 Å². The number of hydrogen-bond donors (Lipinski definition) is 1. The molecule has 2 fully saturated rings. The lowest BCUT2D eigenvalue weighted by atomic mass is 9.44. The summed E-state index contributed by atoms with van der Waals surface area (Å²) >= 11 is 0. The SMILES string of the molecule is CC(C)=CCC[C@@H](CO)[C@H]1CC[C@@]2(C)C3=CC[C@H]4C(C)(C)C(=O)CC[C@]4(C)C3=CC[C@]12C. The van der Waals surface area contributed by atoms with Gasteiger partial charge in [0.05, 0.1) is 0 Å². The molecular formula is C30H46O2. The lowest BCUT2D eigenvalue weighted by molar-refractivity contribution is -0.138. The van der Waals surface area contributed by atoms with Crippen molar-refractivity contribution in [3.63, 3.8) is 0 Å². The summed E-state index contributed by atoms with van der Waals surface area (Å²) in [5.41, 5.74) is 4.79. The van der Waals surface area contributed by atoms with E-state index in [9.17, 15) is 9.90 Å². The number of Topliss-reactive ketones (excluding diaryl/α,β-unsaturated/α-hetero) is 1. The second-order valence-electron chi connectivity index (χ2n) is 13.0. The quantitative estimate of drug-likeness (QED) is 0.453. The summed E-state index contributed by atoms with van der Waals surface area (Å²) in [5, 5.41) is 10.4. The molecule has 2 saturated carbocycles. The maximum absolute atomic E-state index is 12.8. The van der Waals surface area contributed by atoms with Gasteiger partial charge in [0.1, 0.15) is 5.78 Å². The third-order valence-electron chi connectivity index (χ3n) is 10.9. The second-order valence-corrected chi connectivity index (χ2v) is 13.0. The zero-order chi connectivity index (χ0) is 23.5. The van der Waals surface area contributed by atoms with Crippen LogP contribution in [0.1, 0.15) is 99.8 Å². The summed E-state index contributed by atoms with van der Waals surface area (Å²) in [6.45, 7) is 16.5. The van der Waals surface area contributed by atoms with Crippen LogP contribution in [0.4, 0.5) is 0 Å². The summed E-state index contributed by atoms with van der Waals surface area (Å²) in [4.78, 5) is 12.8.